The number of carboxylic acids is 1. The molecule has 1 aromatic heterocycles. The lowest BCUT2D eigenvalue weighted by Crippen LogP contribution is -2.35. The van der Waals surface area contributed by atoms with E-state index in [1.54, 1.807) is 6.92 Å². The van der Waals surface area contributed by atoms with E-state index in [1.807, 2.05) is 0 Å². The molecule has 1 aromatic carbocycles. The molecule has 25 heavy (non-hydrogen) atoms. The molecule has 1 atom stereocenters. The van der Waals surface area contributed by atoms with Crippen LogP contribution in [0.15, 0.2) is 38.8 Å². The van der Waals surface area contributed by atoms with Gasteiger partial charge in [0.25, 0.3) is 10.0 Å². The maximum absolute atomic E-state index is 12.9. The van der Waals surface area contributed by atoms with Crippen molar-refractivity contribution >= 4 is 43.0 Å². The van der Waals surface area contributed by atoms with E-state index in [0.29, 0.717) is 17.7 Å². The second kappa shape index (κ2) is 5.80. The summed E-state index contributed by atoms with van der Waals surface area (Å²) in [6, 6.07) is 4.71. The maximum atomic E-state index is 12.9. The van der Waals surface area contributed by atoms with Crippen molar-refractivity contribution in [2.24, 2.45) is 5.14 Å². The Kier molecular flexibility index (Phi) is 4.14. The quantitative estimate of drug-likeness (QED) is 0.790. The van der Waals surface area contributed by atoms with Crippen LogP contribution < -0.4 is 9.44 Å². The Morgan fingerprint density at radius 1 is 1.28 bits per heavy atom. The molecule has 0 aliphatic carbocycles. The second-order valence-corrected chi connectivity index (χ2v) is 10.2. The molecule has 0 radical (unpaired) electrons. The zero-order valence-electron chi connectivity index (χ0n) is 12.9. The molecule has 0 saturated heterocycles. The third-order valence-electron chi connectivity index (χ3n) is 3.87. The van der Waals surface area contributed by atoms with Crippen LogP contribution in [0.3, 0.4) is 0 Å². The fourth-order valence-corrected chi connectivity index (χ4v) is 6.28. The molecule has 0 fully saturated rings. The molecule has 1 aliphatic rings. The topological polar surface area (TPSA) is 135 Å². The number of nitrogens with two attached hydrogens (primary N) is 1. The number of thiophene rings is 1. The van der Waals surface area contributed by atoms with Gasteiger partial charge in [0.2, 0.25) is 10.0 Å². The monoisotopic (exact) mass is 402 g/mol. The number of fused-ring (bicyclic) bond motifs is 1. The highest BCUT2D eigenvalue weighted by atomic mass is 32.2. The standard InChI is InChI=1S/C14H14N2O6S3/c1-8-4-9-5-11(24(15,19)20)2-3-12(9)16(8)25(21,22)13-6-10(7-23-13)14(17)18/h2-3,5-8H,4H2,1H3,(H,17,18)(H2,15,19,20). The first kappa shape index (κ1) is 17.9. The van der Waals surface area contributed by atoms with E-state index in [9.17, 15) is 21.6 Å². The van der Waals surface area contributed by atoms with E-state index in [-0.39, 0.29) is 14.7 Å². The number of hydrogen-bond donors (Lipinski definition) is 2. The first-order chi connectivity index (χ1) is 11.5. The number of primary sulfonamides is 1. The SMILES string of the molecule is CC1Cc2cc(S(N)(=O)=O)ccc2N1S(=O)(=O)c1cc(C(=O)O)cs1. The molecule has 1 aliphatic heterocycles. The van der Waals surface area contributed by atoms with E-state index >= 15 is 0 Å². The Bertz CT molecular complexity index is 1070. The van der Waals surface area contributed by atoms with Crippen molar-refractivity contribution in [2.75, 3.05) is 4.31 Å². The number of nitrogens with zero attached hydrogens (tertiary/aromatic N) is 1. The number of benzene rings is 1. The first-order valence-electron chi connectivity index (χ1n) is 7.04. The molecule has 0 amide bonds. The Balaban J connectivity index is 2.08. The highest BCUT2D eigenvalue weighted by Crippen LogP contribution is 2.39. The van der Waals surface area contributed by atoms with Gasteiger partial charge in [-0.05, 0) is 43.2 Å². The van der Waals surface area contributed by atoms with Gasteiger partial charge in [-0.1, -0.05) is 0 Å². The maximum Gasteiger partial charge on any atom is 0.336 e. The van der Waals surface area contributed by atoms with E-state index in [0.717, 1.165) is 17.4 Å². The van der Waals surface area contributed by atoms with Crippen LogP contribution in [0.5, 0.6) is 0 Å². The third kappa shape index (κ3) is 3.03. The fourth-order valence-electron chi connectivity index (χ4n) is 2.78. The lowest BCUT2D eigenvalue weighted by atomic mass is 10.1. The summed E-state index contributed by atoms with van der Waals surface area (Å²) in [5.74, 6) is -1.20. The van der Waals surface area contributed by atoms with Crippen molar-refractivity contribution < 1.29 is 26.7 Å². The van der Waals surface area contributed by atoms with Gasteiger partial charge in [-0.2, -0.15) is 0 Å². The lowest BCUT2D eigenvalue weighted by Gasteiger charge is -2.23. The molecular weight excluding hydrogens is 388 g/mol. The molecule has 134 valence electrons. The molecule has 2 aromatic rings. The highest BCUT2D eigenvalue weighted by Gasteiger charge is 2.37. The van der Waals surface area contributed by atoms with Gasteiger partial charge < -0.3 is 5.11 Å². The first-order valence-corrected chi connectivity index (χ1v) is 10.9. The number of anilines is 1. The molecule has 2 heterocycles. The summed E-state index contributed by atoms with van der Waals surface area (Å²) in [6.07, 6.45) is 0.328. The minimum atomic E-state index is -3.95. The van der Waals surface area contributed by atoms with Crippen molar-refractivity contribution in [2.45, 2.75) is 28.5 Å². The van der Waals surface area contributed by atoms with Gasteiger partial charge in [0.1, 0.15) is 4.21 Å². The van der Waals surface area contributed by atoms with Gasteiger partial charge in [0, 0.05) is 11.4 Å². The predicted octanol–water partition coefficient (Wildman–Crippen LogP) is 1.23. The number of rotatable bonds is 4. The zero-order chi connectivity index (χ0) is 18.6. The Morgan fingerprint density at radius 3 is 2.52 bits per heavy atom. The van der Waals surface area contributed by atoms with Crippen LogP contribution in [0.2, 0.25) is 0 Å². The molecule has 0 spiro atoms. The summed E-state index contributed by atoms with van der Waals surface area (Å²) < 4.78 is 49.9. The van der Waals surface area contributed by atoms with Crippen LogP contribution in [-0.4, -0.2) is 34.0 Å². The smallest absolute Gasteiger partial charge is 0.336 e. The minimum absolute atomic E-state index is 0.0815. The van der Waals surface area contributed by atoms with Crippen LogP contribution >= 0.6 is 11.3 Å². The summed E-state index contributed by atoms with van der Waals surface area (Å²) in [5, 5.41) is 15.4. The van der Waals surface area contributed by atoms with E-state index in [4.69, 9.17) is 10.2 Å². The average molecular weight is 402 g/mol. The molecule has 3 rings (SSSR count). The lowest BCUT2D eigenvalue weighted by molar-refractivity contribution is 0.0697. The summed E-state index contributed by atoms with van der Waals surface area (Å²) in [5.41, 5.74) is 0.822. The number of sulfonamides is 2. The fraction of sp³-hybridized carbons (Fsp3) is 0.214. The average Bonchev–Trinajstić information content (AvgIpc) is 3.09. The van der Waals surface area contributed by atoms with E-state index in [2.05, 4.69) is 0 Å². The normalized spacial score (nSPS) is 17.5. The van der Waals surface area contributed by atoms with Crippen LogP contribution in [-0.2, 0) is 26.5 Å². The highest BCUT2D eigenvalue weighted by molar-refractivity contribution is 7.94. The molecule has 8 nitrogen and oxygen atoms in total. The van der Waals surface area contributed by atoms with Crippen molar-refractivity contribution in [3.05, 3.63) is 40.8 Å². The van der Waals surface area contributed by atoms with Crippen LogP contribution in [0, 0.1) is 0 Å². The van der Waals surface area contributed by atoms with Crippen molar-refractivity contribution in [1.82, 2.24) is 0 Å². The Hall–Kier alpha value is -1.95. The second-order valence-electron chi connectivity index (χ2n) is 5.65. The van der Waals surface area contributed by atoms with Gasteiger partial charge in [-0.25, -0.2) is 26.8 Å². The largest absolute Gasteiger partial charge is 0.478 e. The third-order valence-corrected chi connectivity index (χ3v) is 8.12. The molecule has 3 N–H and O–H groups in total. The van der Waals surface area contributed by atoms with Crippen molar-refractivity contribution in [1.29, 1.82) is 0 Å². The molecule has 0 saturated carbocycles. The van der Waals surface area contributed by atoms with Crippen LogP contribution in [0.4, 0.5) is 5.69 Å². The Labute approximate surface area is 148 Å². The summed E-state index contributed by atoms with van der Waals surface area (Å²) >= 11 is 0.829. The number of carboxylic acid groups (broad SMARTS) is 1. The summed E-state index contributed by atoms with van der Waals surface area (Å²) in [4.78, 5) is 10.9. The minimum Gasteiger partial charge on any atom is -0.478 e. The molecule has 0 bridgehead atoms. The van der Waals surface area contributed by atoms with Crippen molar-refractivity contribution in [3.8, 4) is 0 Å². The van der Waals surface area contributed by atoms with Gasteiger partial charge in [0.05, 0.1) is 16.1 Å². The number of hydrogen-bond acceptors (Lipinski definition) is 6. The van der Waals surface area contributed by atoms with Crippen LogP contribution in [0.25, 0.3) is 0 Å². The van der Waals surface area contributed by atoms with Gasteiger partial charge >= 0.3 is 5.97 Å². The van der Waals surface area contributed by atoms with Gasteiger partial charge in [-0.15, -0.1) is 11.3 Å². The van der Waals surface area contributed by atoms with E-state index < -0.39 is 32.1 Å². The summed E-state index contributed by atoms with van der Waals surface area (Å²) in [6.45, 7) is 1.69. The van der Waals surface area contributed by atoms with E-state index in [1.165, 1.54) is 27.9 Å². The molecule has 11 heteroatoms. The van der Waals surface area contributed by atoms with Gasteiger partial charge in [-0.3, -0.25) is 4.31 Å². The number of carbonyl (C=O) groups is 1. The molecule has 1 unspecified atom stereocenters. The van der Waals surface area contributed by atoms with Gasteiger partial charge in [0.15, 0.2) is 0 Å². The molecular formula is C14H14N2O6S3. The predicted molar refractivity (Wildman–Crippen MR) is 91.9 cm³/mol. The van der Waals surface area contributed by atoms with Crippen LogP contribution in [0.1, 0.15) is 22.8 Å². The zero-order valence-corrected chi connectivity index (χ0v) is 15.4. The van der Waals surface area contributed by atoms with Crippen molar-refractivity contribution in [3.63, 3.8) is 0 Å². The summed E-state index contributed by atoms with van der Waals surface area (Å²) in [7, 11) is -7.84. The Morgan fingerprint density at radius 2 is 1.96 bits per heavy atom. The number of aromatic carboxylic acids is 1.